The van der Waals surface area contributed by atoms with Crippen molar-refractivity contribution < 1.29 is 14.6 Å². The Labute approximate surface area is 145 Å². The molecule has 3 rings (SSSR count). The van der Waals surface area contributed by atoms with E-state index >= 15 is 0 Å². The molecule has 0 radical (unpaired) electrons. The number of ether oxygens (including phenoxy) is 1. The summed E-state index contributed by atoms with van der Waals surface area (Å²) in [5.74, 6) is 0.511. The second-order valence-corrected chi connectivity index (χ2v) is 5.64. The number of amides is 1. The van der Waals surface area contributed by atoms with E-state index in [-0.39, 0.29) is 12.5 Å². The maximum atomic E-state index is 12.1. The minimum Gasteiger partial charge on any atom is -0.489 e. The number of benzene rings is 2. The molecule has 0 fully saturated rings. The van der Waals surface area contributed by atoms with E-state index in [1.807, 2.05) is 24.3 Å². The molecule has 25 heavy (non-hydrogen) atoms. The van der Waals surface area contributed by atoms with E-state index in [9.17, 15) is 4.79 Å². The largest absolute Gasteiger partial charge is 0.489 e. The molecule has 128 valence electrons. The number of aromatic nitrogens is 2. The van der Waals surface area contributed by atoms with E-state index in [4.69, 9.17) is 9.84 Å². The summed E-state index contributed by atoms with van der Waals surface area (Å²) >= 11 is 0. The predicted molar refractivity (Wildman–Crippen MR) is 94.3 cm³/mol. The fourth-order valence-electron chi connectivity index (χ4n) is 2.28. The van der Waals surface area contributed by atoms with Gasteiger partial charge in [-0.15, -0.1) is 0 Å². The zero-order valence-electron chi connectivity index (χ0n) is 13.8. The third-order valence-electron chi connectivity index (χ3n) is 3.69. The molecule has 6 heteroatoms. The molecule has 0 saturated heterocycles. The number of aliphatic hydroxyl groups is 1. The summed E-state index contributed by atoms with van der Waals surface area (Å²) in [5.41, 5.74) is 3.09. The molecule has 0 saturated carbocycles. The molecular formula is C19H19N3O3. The van der Waals surface area contributed by atoms with Gasteiger partial charge in [-0.2, -0.15) is 5.10 Å². The number of nitrogens with zero attached hydrogens (tertiary/aromatic N) is 2. The van der Waals surface area contributed by atoms with Gasteiger partial charge >= 0.3 is 0 Å². The minimum absolute atomic E-state index is 0.0351. The van der Waals surface area contributed by atoms with Gasteiger partial charge in [0.25, 0.3) is 5.91 Å². The van der Waals surface area contributed by atoms with E-state index in [2.05, 4.69) is 10.4 Å². The Morgan fingerprint density at radius 1 is 1.12 bits per heavy atom. The van der Waals surface area contributed by atoms with Crippen LogP contribution in [0, 0.1) is 0 Å². The van der Waals surface area contributed by atoms with Crippen LogP contribution in [0.4, 0.5) is 5.69 Å². The predicted octanol–water partition coefficient (Wildman–Crippen LogP) is 2.74. The summed E-state index contributed by atoms with van der Waals surface area (Å²) in [6.45, 7) is 0.473. The molecule has 0 aliphatic rings. The molecule has 1 heterocycles. The molecule has 0 atom stereocenters. The van der Waals surface area contributed by atoms with Gasteiger partial charge in [0.1, 0.15) is 12.4 Å². The van der Waals surface area contributed by atoms with E-state index < -0.39 is 0 Å². The fourth-order valence-corrected chi connectivity index (χ4v) is 2.28. The van der Waals surface area contributed by atoms with Crippen molar-refractivity contribution in [3.8, 4) is 5.75 Å². The second kappa shape index (κ2) is 7.63. The number of carbonyl (C=O) groups is 1. The molecule has 0 spiro atoms. The van der Waals surface area contributed by atoms with E-state index in [1.54, 1.807) is 42.2 Å². The molecule has 2 N–H and O–H groups in total. The normalized spacial score (nSPS) is 10.5. The summed E-state index contributed by atoms with van der Waals surface area (Å²) in [6.07, 6.45) is 3.18. The maximum Gasteiger partial charge on any atom is 0.258 e. The second-order valence-electron chi connectivity index (χ2n) is 5.64. The van der Waals surface area contributed by atoms with Crippen molar-refractivity contribution in [2.24, 2.45) is 7.05 Å². The maximum absolute atomic E-state index is 12.1. The Balaban J connectivity index is 1.55. The Bertz CT molecular complexity index is 839. The van der Waals surface area contributed by atoms with Gasteiger partial charge in [-0.25, -0.2) is 0 Å². The first kappa shape index (κ1) is 16.7. The van der Waals surface area contributed by atoms with E-state index in [0.29, 0.717) is 23.6 Å². The number of nitrogens with one attached hydrogen (secondary N) is 1. The molecule has 0 unspecified atom stereocenters. The number of aliphatic hydroxyl groups excluding tert-OH is 1. The van der Waals surface area contributed by atoms with Crippen LogP contribution in [0.1, 0.15) is 21.5 Å². The number of aryl methyl sites for hydroxylation is 1. The van der Waals surface area contributed by atoms with Gasteiger partial charge in [0, 0.05) is 18.9 Å². The van der Waals surface area contributed by atoms with Gasteiger partial charge in [-0.05, 0) is 35.4 Å². The van der Waals surface area contributed by atoms with Crippen molar-refractivity contribution in [2.75, 3.05) is 5.32 Å². The van der Waals surface area contributed by atoms with Crippen LogP contribution >= 0.6 is 0 Å². The monoisotopic (exact) mass is 337 g/mol. The lowest BCUT2D eigenvalue weighted by Crippen LogP contribution is -2.10. The molecule has 1 amide bonds. The van der Waals surface area contributed by atoms with Crippen molar-refractivity contribution in [3.05, 3.63) is 77.6 Å². The quantitative estimate of drug-likeness (QED) is 0.725. The first-order valence-electron chi connectivity index (χ1n) is 7.85. The molecular weight excluding hydrogens is 318 g/mol. The third kappa shape index (κ3) is 4.45. The smallest absolute Gasteiger partial charge is 0.258 e. The Morgan fingerprint density at radius 2 is 1.80 bits per heavy atom. The van der Waals surface area contributed by atoms with Crippen molar-refractivity contribution in [1.82, 2.24) is 9.78 Å². The zero-order valence-corrected chi connectivity index (χ0v) is 13.8. The number of hydrogen-bond acceptors (Lipinski definition) is 4. The molecule has 0 aliphatic carbocycles. The fraction of sp³-hybridized carbons (Fsp3) is 0.158. The summed E-state index contributed by atoms with van der Waals surface area (Å²) in [7, 11) is 1.76. The lowest BCUT2D eigenvalue weighted by molar-refractivity contribution is 0.102. The van der Waals surface area contributed by atoms with Crippen LogP contribution in [0.5, 0.6) is 5.75 Å². The number of anilines is 1. The topological polar surface area (TPSA) is 76.4 Å². The lowest BCUT2D eigenvalue weighted by atomic mass is 10.1. The zero-order chi connectivity index (χ0) is 17.6. The van der Waals surface area contributed by atoms with Crippen LogP contribution in [0.2, 0.25) is 0 Å². The highest BCUT2D eigenvalue weighted by molar-refractivity contribution is 6.03. The summed E-state index contributed by atoms with van der Waals surface area (Å²) < 4.78 is 7.31. The van der Waals surface area contributed by atoms with Crippen LogP contribution in [-0.4, -0.2) is 20.8 Å². The number of rotatable bonds is 6. The van der Waals surface area contributed by atoms with Gasteiger partial charge in [0.05, 0.1) is 18.4 Å². The van der Waals surface area contributed by atoms with Gasteiger partial charge in [-0.3, -0.25) is 9.48 Å². The standard InChI is InChI=1S/C19H19N3O3/c1-22-11-16(10-20-22)19(24)21-17-6-8-18(9-7-17)25-13-15-4-2-14(12-23)3-5-15/h2-11,23H,12-13H2,1H3,(H,21,24). The Hall–Kier alpha value is -3.12. The van der Waals surface area contributed by atoms with Crippen molar-refractivity contribution in [3.63, 3.8) is 0 Å². The highest BCUT2D eigenvalue weighted by atomic mass is 16.5. The minimum atomic E-state index is -0.203. The van der Waals surface area contributed by atoms with Gasteiger partial charge in [-0.1, -0.05) is 24.3 Å². The highest BCUT2D eigenvalue weighted by Gasteiger charge is 2.08. The first-order valence-corrected chi connectivity index (χ1v) is 7.85. The average Bonchev–Trinajstić information content (AvgIpc) is 3.08. The van der Waals surface area contributed by atoms with E-state index in [1.165, 1.54) is 6.20 Å². The van der Waals surface area contributed by atoms with Gasteiger partial charge < -0.3 is 15.2 Å². The number of hydrogen-bond donors (Lipinski definition) is 2. The first-order chi connectivity index (χ1) is 12.1. The van der Waals surface area contributed by atoms with Crippen molar-refractivity contribution >= 4 is 11.6 Å². The van der Waals surface area contributed by atoms with Crippen molar-refractivity contribution in [1.29, 1.82) is 0 Å². The number of carbonyl (C=O) groups excluding carboxylic acids is 1. The molecule has 0 aliphatic heterocycles. The van der Waals surface area contributed by atoms with Crippen LogP contribution in [-0.2, 0) is 20.3 Å². The van der Waals surface area contributed by atoms with Crippen LogP contribution in [0.3, 0.4) is 0 Å². The highest BCUT2D eigenvalue weighted by Crippen LogP contribution is 2.18. The van der Waals surface area contributed by atoms with Crippen LogP contribution in [0.15, 0.2) is 60.9 Å². The summed E-state index contributed by atoms with van der Waals surface area (Å²) in [6, 6.07) is 14.8. The Morgan fingerprint density at radius 3 is 2.40 bits per heavy atom. The molecule has 3 aromatic rings. The third-order valence-corrected chi connectivity index (χ3v) is 3.69. The SMILES string of the molecule is Cn1cc(C(=O)Nc2ccc(OCc3ccc(CO)cc3)cc2)cn1. The summed E-state index contributed by atoms with van der Waals surface area (Å²) in [4.78, 5) is 12.1. The summed E-state index contributed by atoms with van der Waals surface area (Å²) in [5, 5.41) is 15.8. The molecule has 6 nitrogen and oxygen atoms in total. The van der Waals surface area contributed by atoms with Crippen LogP contribution in [0.25, 0.3) is 0 Å². The lowest BCUT2D eigenvalue weighted by Gasteiger charge is -2.08. The Kier molecular flexibility index (Phi) is 5.11. The van der Waals surface area contributed by atoms with Crippen molar-refractivity contribution in [2.45, 2.75) is 13.2 Å². The van der Waals surface area contributed by atoms with Gasteiger partial charge in [0.15, 0.2) is 0 Å². The van der Waals surface area contributed by atoms with E-state index in [0.717, 1.165) is 11.1 Å². The molecule has 2 aromatic carbocycles. The van der Waals surface area contributed by atoms with Gasteiger partial charge in [0.2, 0.25) is 0 Å². The average molecular weight is 337 g/mol. The van der Waals surface area contributed by atoms with Crippen LogP contribution < -0.4 is 10.1 Å². The molecule has 1 aromatic heterocycles. The molecule has 0 bridgehead atoms.